The molecule has 1 atom stereocenters. The summed E-state index contributed by atoms with van der Waals surface area (Å²) in [5.41, 5.74) is 3.32. The van der Waals surface area contributed by atoms with Crippen molar-refractivity contribution in [1.29, 1.82) is 0 Å². The smallest absolute Gasteiger partial charge is 0.129 e. The molecule has 1 aromatic heterocycles. The molecule has 0 fully saturated rings. The van der Waals surface area contributed by atoms with Gasteiger partial charge in [-0.15, -0.1) is 0 Å². The van der Waals surface area contributed by atoms with E-state index >= 15 is 0 Å². The number of nitrogens with two attached hydrogens (primary N) is 1. The second kappa shape index (κ2) is 5.29. The predicted octanol–water partition coefficient (Wildman–Crippen LogP) is 2.61. The lowest BCUT2D eigenvalue weighted by Gasteiger charge is -2.15. The first-order valence-corrected chi connectivity index (χ1v) is 5.56. The van der Waals surface area contributed by atoms with Crippen LogP contribution in [0.15, 0.2) is 34.9 Å². The van der Waals surface area contributed by atoms with E-state index in [0.717, 1.165) is 11.3 Å². The van der Waals surface area contributed by atoms with Crippen molar-refractivity contribution in [3.63, 3.8) is 0 Å². The molecular weight excluding hydrogens is 238 g/mol. The molecule has 0 aliphatic heterocycles. The summed E-state index contributed by atoms with van der Waals surface area (Å²) < 4.78 is 32.2. The lowest BCUT2D eigenvalue weighted by atomic mass is 10.0. The van der Waals surface area contributed by atoms with E-state index in [-0.39, 0.29) is 12.0 Å². The first-order valence-electron chi connectivity index (χ1n) is 5.56. The van der Waals surface area contributed by atoms with Gasteiger partial charge in [0.1, 0.15) is 17.4 Å². The Morgan fingerprint density at radius 3 is 2.50 bits per heavy atom. The molecule has 96 valence electrons. The molecule has 0 saturated carbocycles. The van der Waals surface area contributed by atoms with Crippen LogP contribution in [0.5, 0.6) is 0 Å². The van der Waals surface area contributed by atoms with Crippen LogP contribution in [0.25, 0.3) is 0 Å². The minimum atomic E-state index is -0.574. The second-order valence-corrected chi connectivity index (χ2v) is 4.11. The lowest BCUT2D eigenvalue weighted by molar-refractivity contribution is 0.488. The van der Waals surface area contributed by atoms with E-state index in [1.807, 2.05) is 0 Å². The Morgan fingerprint density at radius 1 is 1.33 bits per heavy atom. The van der Waals surface area contributed by atoms with Crippen molar-refractivity contribution < 1.29 is 13.2 Å². The van der Waals surface area contributed by atoms with Gasteiger partial charge in [-0.05, 0) is 31.5 Å². The Bertz CT molecular complexity index is 519. The quantitative estimate of drug-likeness (QED) is 0.649. The van der Waals surface area contributed by atoms with E-state index in [2.05, 4.69) is 5.43 Å². The number of rotatable bonds is 4. The monoisotopic (exact) mass is 252 g/mol. The molecule has 0 saturated heterocycles. The zero-order valence-electron chi connectivity index (χ0n) is 9.91. The highest BCUT2D eigenvalue weighted by atomic mass is 19.1. The minimum absolute atomic E-state index is 0.0132. The Morgan fingerprint density at radius 2 is 2.00 bits per heavy atom. The first kappa shape index (κ1) is 12.7. The van der Waals surface area contributed by atoms with Crippen molar-refractivity contribution in [3.8, 4) is 0 Å². The van der Waals surface area contributed by atoms with Gasteiger partial charge in [-0.25, -0.2) is 8.78 Å². The average Bonchev–Trinajstić information content (AvgIpc) is 2.76. The number of benzene rings is 1. The number of hydrogen-bond acceptors (Lipinski definition) is 3. The van der Waals surface area contributed by atoms with E-state index in [1.54, 1.807) is 13.0 Å². The summed E-state index contributed by atoms with van der Waals surface area (Å²) in [6, 6.07) is 5.18. The fraction of sp³-hybridized carbons (Fsp3) is 0.231. The molecular formula is C13H14F2N2O. The lowest BCUT2D eigenvalue weighted by Crippen LogP contribution is -2.29. The van der Waals surface area contributed by atoms with Crippen LogP contribution in [0, 0.1) is 18.6 Å². The maximum absolute atomic E-state index is 13.5. The molecule has 0 amide bonds. The predicted molar refractivity (Wildman–Crippen MR) is 63.6 cm³/mol. The second-order valence-electron chi connectivity index (χ2n) is 4.11. The molecule has 0 aliphatic rings. The van der Waals surface area contributed by atoms with Crippen LogP contribution < -0.4 is 11.3 Å². The van der Waals surface area contributed by atoms with Crippen molar-refractivity contribution in [2.24, 2.45) is 5.84 Å². The molecule has 0 aliphatic carbocycles. The molecule has 2 aromatic rings. The maximum Gasteiger partial charge on any atom is 0.129 e. The third-order valence-corrected chi connectivity index (χ3v) is 2.82. The SMILES string of the molecule is Cc1cc(C(Cc2c(F)cccc2F)NN)co1. The van der Waals surface area contributed by atoms with Gasteiger partial charge in [0.05, 0.1) is 12.3 Å². The van der Waals surface area contributed by atoms with Gasteiger partial charge in [0.25, 0.3) is 0 Å². The Labute approximate surface area is 104 Å². The number of aryl methyl sites for hydroxylation is 1. The molecule has 1 unspecified atom stereocenters. The Hall–Kier alpha value is -1.72. The largest absolute Gasteiger partial charge is 0.469 e. The minimum Gasteiger partial charge on any atom is -0.469 e. The topological polar surface area (TPSA) is 51.2 Å². The summed E-state index contributed by atoms with van der Waals surface area (Å²) in [6.45, 7) is 1.79. The van der Waals surface area contributed by atoms with Gasteiger partial charge >= 0.3 is 0 Å². The van der Waals surface area contributed by atoms with Crippen molar-refractivity contribution in [2.45, 2.75) is 19.4 Å². The highest BCUT2D eigenvalue weighted by Gasteiger charge is 2.17. The zero-order valence-corrected chi connectivity index (χ0v) is 9.91. The number of halogens is 2. The van der Waals surface area contributed by atoms with Crippen LogP contribution in [0.3, 0.4) is 0 Å². The van der Waals surface area contributed by atoms with Crippen molar-refractivity contribution in [1.82, 2.24) is 5.43 Å². The van der Waals surface area contributed by atoms with E-state index in [4.69, 9.17) is 10.3 Å². The van der Waals surface area contributed by atoms with Gasteiger partial charge in [-0.1, -0.05) is 6.07 Å². The summed E-state index contributed by atoms with van der Waals surface area (Å²) in [5.74, 6) is 5.00. The van der Waals surface area contributed by atoms with Crippen LogP contribution >= 0.6 is 0 Å². The summed E-state index contributed by atoms with van der Waals surface area (Å²) in [7, 11) is 0. The molecule has 2 rings (SSSR count). The third-order valence-electron chi connectivity index (χ3n) is 2.82. The van der Waals surface area contributed by atoms with Crippen LogP contribution in [0.4, 0.5) is 8.78 Å². The first-order chi connectivity index (χ1) is 8.61. The highest BCUT2D eigenvalue weighted by Crippen LogP contribution is 2.23. The van der Waals surface area contributed by atoms with Crippen LogP contribution in [-0.2, 0) is 6.42 Å². The van der Waals surface area contributed by atoms with Crippen LogP contribution in [-0.4, -0.2) is 0 Å². The van der Waals surface area contributed by atoms with Crippen LogP contribution in [0.1, 0.15) is 22.9 Å². The van der Waals surface area contributed by atoms with Crippen molar-refractivity contribution in [3.05, 3.63) is 59.1 Å². The van der Waals surface area contributed by atoms with E-state index in [0.29, 0.717) is 0 Å². The molecule has 0 radical (unpaired) electrons. The fourth-order valence-electron chi connectivity index (χ4n) is 1.85. The standard InChI is InChI=1S/C13H14F2N2O/c1-8-5-9(7-18-8)13(17-16)6-10-11(14)3-2-4-12(10)15/h2-5,7,13,17H,6,16H2,1H3. The van der Waals surface area contributed by atoms with E-state index < -0.39 is 17.7 Å². The third kappa shape index (κ3) is 2.57. The normalized spacial score (nSPS) is 12.7. The summed E-state index contributed by atoms with van der Waals surface area (Å²) >= 11 is 0. The molecule has 3 nitrogen and oxygen atoms in total. The van der Waals surface area contributed by atoms with Gasteiger partial charge in [0.15, 0.2) is 0 Å². The van der Waals surface area contributed by atoms with Crippen molar-refractivity contribution in [2.75, 3.05) is 0 Å². The Balaban J connectivity index is 2.26. The van der Waals surface area contributed by atoms with E-state index in [1.165, 1.54) is 24.5 Å². The molecule has 3 N–H and O–H groups in total. The molecule has 18 heavy (non-hydrogen) atoms. The van der Waals surface area contributed by atoms with Gasteiger partial charge < -0.3 is 4.42 Å². The van der Waals surface area contributed by atoms with Gasteiger partial charge in [-0.2, -0.15) is 0 Å². The average molecular weight is 252 g/mol. The molecule has 5 heteroatoms. The van der Waals surface area contributed by atoms with Gasteiger partial charge in [0, 0.05) is 11.1 Å². The molecule has 0 bridgehead atoms. The summed E-state index contributed by atoms with van der Waals surface area (Å²) in [6.07, 6.45) is 1.65. The number of hydrazine groups is 1. The Kier molecular flexibility index (Phi) is 3.74. The zero-order chi connectivity index (χ0) is 13.1. The number of nitrogens with one attached hydrogen (secondary N) is 1. The molecule has 1 heterocycles. The number of furan rings is 1. The van der Waals surface area contributed by atoms with Crippen LogP contribution in [0.2, 0.25) is 0 Å². The number of hydrogen-bond donors (Lipinski definition) is 2. The van der Waals surface area contributed by atoms with Gasteiger partial charge in [0.2, 0.25) is 0 Å². The summed E-state index contributed by atoms with van der Waals surface area (Å²) in [5, 5.41) is 0. The van der Waals surface area contributed by atoms with Gasteiger partial charge in [-0.3, -0.25) is 11.3 Å². The van der Waals surface area contributed by atoms with Crippen molar-refractivity contribution >= 4 is 0 Å². The maximum atomic E-state index is 13.5. The summed E-state index contributed by atoms with van der Waals surface area (Å²) in [4.78, 5) is 0. The highest BCUT2D eigenvalue weighted by molar-refractivity contribution is 5.24. The molecule has 1 aromatic carbocycles. The fourth-order valence-corrected chi connectivity index (χ4v) is 1.85. The molecule has 0 spiro atoms. The van der Waals surface area contributed by atoms with E-state index in [9.17, 15) is 8.78 Å².